The largest absolute Gasteiger partial charge is 0.494 e. The number of hydrogen-bond donors (Lipinski definition) is 2. The Bertz CT molecular complexity index is 1280. The van der Waals surface area contributed by atoms with Crippen molar-refractivity contribution in [3.8, 4) is 22.8 Å². The number of benzene rings is 2. The summed E-state index contributed by atoms with van der Waals surface area (Å²) in [6, 6.07) is 14.9. The zero-order chi connectivity index (χ0) is 23.2. The van der Waals surface area contributed by atoms with Crippen molar-refractivity contribution >= 4 is 29.7 Å². The molecule has 3 N–H and O–H groups in total. The summed E-state index contributed by atoms with van der Waals surface area (Å²) in [6.07, 6.45) is 3.54. The highest BCUT2D eigenvalue weighted by Crippen LogP contribution is 2.29. The van der Waals surface area contributed by atoms with E-state index in [1.165, 1.54) is 4.68 Å². The molecule has 4 aromatic rings. The van der Waals surface area contributed by atoms with E-state index < -0.39 is 5.91 Å². The van der Waals surface area contributed by atoms with Gasteiger partial charge >= 0.3 is 0 Å². The normalized spacial score (nSPS) is 11.1. The van der Waals surface area contributed by atoms with Gasteiger partial charge in [-0.2, -0.15) is 9.78 Å². The number of nitrogen functional groups attached to an aromatic ring is 1. The SMILES string of the molecule is CCOc1cccc(-c2c(C(=O)N/N=C\c3ccc(SC)cc3)nnn2-c2nonc2N)c1. The number of amides is 1. The van der Waals surface area contributed by atoms with Crippen molar-refractivity contribution in [2.75, 3.05) is 18.6 Å². The first-order valence-corrected chi connectivity index (χ1v) is 11.1. The topological polar surface area (TPSA) is 146 Å². The Morgan fingerprint density at radius 3 is 2.79 bits per heavy atom. The average Bonchev–Trinajstić information content (AvgIpc) is 3.46. The number of nitrogens with two attached hydrogens (primary N) is 1. The number of carbonyl (C=O) groups is 1. The van der Waals surface area contributed by atoms with Crippen molar-refractivity contribution in [1.29, 1.82) is 0 Å². The van der Waals surface area contributed by atoms with Crippen molar-refractivity contribution in [2.24, 2.45) is 5.10 Å². The van der Waals surface area contributed by atoms with Crippen LogP contribution in [0.15, 0.2) is 63.2 Å². The molecule has 11 nitrogen and oxygen atoms in total. The van der Waals surface area contributed by atoms with E-state index in [9.17, 15) is 4.79 Å². The van der Waals surface area contributed by atoms with Crippen LogP contribution in [0, 0.1) is 0 Å². The van der Waals surface area contributed by atoms with E-state index in [2.05, 4.69) is 35.8 Å². The summed E-state index contributed by atoms with van der Waals surface area (Å²) in [5, 5.41) is 19.5. The van der Waals surface area contributed by atoms with Gasteiger partial charge in [-0.05, 0) is 53.3 Å². The van der Waals surface area contributed by atoms with Gasteiger partial charge in [0, 0.05) is 10.5 Å². The lowest BCUT2D eigenvalue weighted by atomic mass is 10.1. The van der Waals surface area contributed by atoms with Gasteiger partial charge in [-0.15, -0.1) is 16.9 Å². The van der Waals surface area contributed by atoms with Crippen molar-refractivity contribution in [3.63, 3.8) is 0 Å². The van der Waals surface area contributed by atoms with Gasteiger partial charge in [0.05, 0.1) is 12.8 Å². The monoisotopic (exact) mass is 464 g/mol. The van der Waals surface area contributed by atoms with Crippen LogP contribution >= 0.6 is 11.8 Å². The maximum Gasteiger partial charge on any atom is 0.294 e. The van der Waals surface area contributed by atoms with Crippen LogP contribution in [0.1, 0.15) is 23.0 Å². The van der Waals surface area contributed by atoms with Crippen LogP contribution in [-0.2, 0) is 0 Å². The molecule has 168 valence electrons. The fraction of sp³-hybridized carbons (Fsp3) is 0.143. The summed E-state index contributed by atoms with van der Waals surface area (Å²) in [7, 11) is 0. The standard InChI is InChI=1S/C21H20N8O3S/c1-3-31-15-6-4-5-14(11-15)18-17(24-28-29(18)20-19(22)26-32-27-20)21(30)25-23-12-13-7-9-16(33-2)10-8-13/h4-12H,3H2,1-2H3,(H2,22,26)(H,25,30)/b23-12-. The van der Waals surface area contributed by atoms with Crippen molar-refractivity contribution in [3.05, 3.63) is 59.8 Å². The number of aromatic nitrogens is 5. The van der Waals surface area contributed by atoms with Gasteiger partial charge in [-0.1, -0.05) is 29.5 Å². The van der Waals surface area contributed by atoms with Crippen LogP contribution in [0.4, 0.5) is 5.82 Å². The van der Waals surface area contributed by atoms with E-state index in [1.807, 2.05) is 37.4 Å². The van der Waals surface area contributed by atoms with Crippen LogP contribution < -0.4 is 15.9 Å². The molecule has 4 rings (SSSR count). The Morgan fingerprint density at radius 2 is 2.09 bits per heavy atom. The third-order valence-electron chi connectivity index (χ3n) is 4.50. The molecule has 0 saturated carbocycles. The number of rotatable bonds is 8. The molecule has 0 bridgehead atoms. The third-order valence-corrected chi connectivity index (χ3v) is 5.24. The van der Waals surface area contributed by atoms with Gasteiger partial charge in [0.2, 0.25) is 11.6 Å². The number of hydrogen-bond acceptors (Lipinski definition) is 10. The van der Waals surface area contributed by atoms with Crippen molar-refractivity contribution in [1.82, 2.24) is 30.7 Å². The zero-order valence-electron chi connectivity index (χ0n) is 17.8. The molecule has 2 aromatic heterocycles. The van der Waals surface area contributed by atoms with Gasteiger partial charge in [0.25, 0.3) is 5.91 Å². The molecule has 2 heterocycles. The van der Waals surface area contributed by atoms with Gasteiger partial charge in [-0.25, -0.2) is 10.1 Å². The Hall–Kier alpha value is -4.19. The first-order valence-electron chi connectivity index (χ1n) is 9.85. The Balaban J connectivity index is 1.66. The van der Waals surface area contributed by atoms with Crippen LogP contribution in [0.5, 0.6) is 5.75 Å². The number of thioether (sulfide) groups is 1. The first kappa shape index (κ1) is 22.0. The molecule has 33 heavy (non-hydrogen) atoms. The van der Waals surface area contributed by atoms with Crippen molar-refractivity contribution < 1.29 is 14.2 Å². The molecule has 0 fully saturated rings. The molecule has 0 radical (unpaired) electrons. The maximum atomic E-state index is 12.9. The highest BCUT2D eigenvalue weighted by Gasteiger charge is 2.25. The minimum absolute atomic E-state index is 0.000723. The van der Waals surface area contributed by atoms with Crippen molar-refractivity contribution in [2.45, 2.75) is 11.8 Å². The Kier molecular flexibility index (Phi) is 6.64. The van der Waals surface area contributed by atoms with Gasteiger partial charge in [-0.3, -0.25) is 4.79 Å². The molecule has 2 aromatic carbocycles. The van der Waals surface area contributed by atoms with E-state index in [0.29, 0.717) is 23.6 Å². The lowest BCUT2D eigenvalue weighted by molar-refractivity contribution is 0.0950. The fourth-order valence-electron chi connectivity index (χ4n) is 2.99. The lowest BCUT2D eigenvalue weighted by Crippen LogP contribution is -2.19. The van der Waals surface area contributed by atoms with E-state index in [0.717, 1.165) is 10.5 Å². The third kappa shape index (κ3) is 4.85. The molecule has 0 atom stereocenters. The first-order chi connectivity index (χ1) is 16.1. The highest BCUT2D eigenvalue weighted by atomic mass is 32.2. The lowest BCUT2D eigenvalue weighted by Gasteiger charge is -2.08. The van der Waals surface area contributed by atoms with Gasteiger partial charge in [0.15, 0.2) is 5.69 Å². The minimum atomic E-state index is -0.565. The molecule has 0 aliphatic carbocycles. The Morgan fingerprint density at radius 1 is 1.27 bits per heavy atom. The molecule has 0 spiro atoms. The van der Waals surface area contributed by atoms with E-state index >= 15 is 0 Å². The smallest absolute Gasteiger partial charge is 0.294 e. The summed E-state index contributed by atoms with van der Waals surface area (Å²) in [4.78, 5) is 14.1. The summed E-state index contributed by atoms with van der Waals surface area (Å²) in [6.45, 7) is 2.37. The number of anilines is 1. The minimum Gasteiger partial charge on any atom is -0.494 e. The predicted molar refractivity (Wildman–Crippen MR) is 124 cm³/mol. The molecule has 12 heteroatoms. The molecule has 0 aliphatic heterocycles. The number of hydrazone groups is 1. The summed E-state index contributed by atoms with van der Waals surface area (Å²) < 4.78 is 11.6. The van der Waals surface area contributed by atoms with Gasteiger partial charge < -0.3 is 10.5 Å². The quantitative estimate of drug-likeness (QED) is 0.228. The van der Waals surface area contributed by atoms with E-state index in [-0.39, 0.29) is 17.3 Å². The maximum absolute atomic E-state index is 12.9. The summed E-state index contributed by atoms with van der Waals surface area (Å²) in [5.74, 6) is 0.161. The summed E-state index contributed by atoms with van der Waals surface area (Å²) >= 11 is 1.64. The molecule has 1 amide bonds. The number of carbonyl (C=O) groups excluding carboxylic acids is 1. The molecular weight excluding hydrogens is 444 g/mol. The predicted octanol–water partition coefficient (Wildman–Crippen LogP) is 2.78. The zero-order valence-corrected chi connectivity index (χ0v) is 18.6. The molecular formula is C21H20N8O3S. The van der Waals surface area contributed by atoms with Gasteiger partial charge in [0.1, 0.15) is 11.4 Å². The average molecular weight is 465 g/mol. The summed E-state index contributed by atoms with van der Waals surface area (Å²) in [5.41, 5.74) is 10.1. The molecule has 0 saturated heterocycles. The second-order valence-electron chi connectivity index (χ2n) is 6.60. The van der Waals surface area contributed by atoms with E-state index in [4.69, 9.17) is 10.5 Å². The molecule has 0 unspecified atom stereocenters. The highest BCUT2D eigenvalue weighted by molar-refractivity contribution is 7.98. The number of nitrogens with one attached hydrogen (secondary N) is 1. The number of ether oxygens (including phenoxy) is 1. The van der Waals surface area contributed by atoms with Crippen LogP contribution in [0.3, 0.4) is 0 Å². The fourth-order valence-corrected chi connectivity index (χ4v) is 3.40. The second kappa shape index (κ2) is 9.96. The van der Waals surface area contributed by atoms with E-state index in [1.54, 1.807) is 42.2 Å². The van der Waals surface area contributed by atoms with Crippen LogP contribution in [-0.4, -0.2) is 50.3 Å². The van der Waals surface area contributed by atoms with Crippen LogP contribution in [0.25, 0.3) is 17.1 Å². The number of nitrogens with zero attached hydrogens (tertiary/aromatic N) is 6. The molecule has 0 aliphatic rings. The Labute approximate surface area is 193 Å². The van der Waals surface area contributed by atoms with Crippen LogP contribution in [0.2, 0.25) is 0 Å². The second-order valence-corrected chi connectivity index (χ2v) is 7.48.